The van der Waals surface area contributed by atoms with Crippen molar-refractivity contribution in [3.05, 3.63) is 81.1 Å². The lowest BCUT2D eigenvalue weighted by atomic mass is 10.0. The van der Waals surface area contributed by atoms with Gasteiger partial charge in [0.15, 0.2) is 10.9 Å². The van der Waals surface area contributed by atoms with Gasteiger partial charge in [-0.1, -0.05) is 42.1 Å². The summed E-state index contributed by atoms with van der Waals surface area (Å²) in [5, 5.41) is 10.7. The molecular formula is C21H20N2O4S. The predicted molar refractivity (Wildman–Crippen MR) is 108 cm³/mol. The van der Waals surface area contributed by atoms with Gasteiger partial charge in [-0.25, -0.2) is 0 Å². The van der Waals surface area contributed by atoms with E-state index in [4.69, 9.17) is 4.74 Å². The standard InChI is InChI=1S/C21H20N2O4S/c1-13(24)15-8-9-18(27-2)16(10-15)11-17-19(25)22-21(23-20(17)26)28-12-14-6-4-3-5-7-14/h3-10H,11-12H2,1-2H3,(H2,22,23,25,26). The molecule has 3 rings (SSSR count). The molecule has 0 aliphatic carbocycles. The Labute approximate surface area is 166 Å². The van der Waals surface area contributed by atoms with Crippen LogP contribution >= 0.6 is 11.8 Å². The molecule has 2 N–H and O–H groups in total. The van der Waals surface area contributed by atoms with Gasteiger partial charge in [-0.3, -0.25) is 9.59 Å². The van der Waals surface area contributed by atoms with E-state index >= 15 is 0 Å². The van der Waals surface area contributed by atoms with E-state index in [1.54, 1.807) is 18.2 Å². The zero-order chi connectivity index (χ0) is 20.1. The van der Waals surface area contributed by atoms with E-state index in [9.17, 15) is 14.7 Å². The first-order valence-corrected chi connectivity index (χ1v) is 9.63. The fraction of sp³-hybridized carbons (Fsp3) is 0.190. The van der Waals surface area contributed by atoms with Crippen molar-refractivity contribution in [1.82, 2.24) is 9.97 Å². The highest BCUT2D eigenvalue weighted by molar-refractivity contribution is 7.98. The van der Waals surface area contributed by atoms with Gasteiger partial charge in [0, 0.05) is 17.7 Å². The number of carbonyl (C=O) groups excluding carboxylic acids is 1. The Morgan fingerprint density at radius 2 is 1.96 bits per heavy atom. The summed E-state index contributed by atoms with van der Waals surface area (Å²) >= 11 is 1.33. The second-order valence-corrected chi connectivity index (χ2v) is 7.17. The molecule has 6 nitrogen and oxygen atoms in total. The molecule has 0 spiro atoms. The summed E-state index contributed by atoms with van der Waals surface area (Å²) in [6, 6.07) is 14.8. The molecule has 0 aliphatic rings. The number of nitrogens with one attached hydrogen (secondary N) is 1. The van der Waals surface area contributed by atoms with Crippen molar-refractivity contribution in [2.24, 2.45) is 0 Å². The van der Waals surface area contributed by atoms with E-state index in [0.29, 0.717) is 27.8 Å². The summed E-state index contributed by atoms with van der Waals surface area (Å²) < 4.78 is 5.31. The van der Waals surface area contributed by atoms with Crippen LogP contribution < -0.4 is 10.3 Å². The number of Topliss-reactive ketones (excluding diaryl/α,β-unsaturated/α-hetero) is 1. The number of aromatic hydroxyl groups is 1. The quantitative estimate of drug-likeness (QED) is 0.360. The molecule has 0 saturated heterocycles. The minimum absolute atomic E-state index is 0.0900. The van der Waals surface area contributed by atoms with Crippen LogP contribution in [-0.4, -0.2) is 28.0 Å². The highest BCUT2D eigenvalue weighted by Gasteiger charge is 2.15. The Morgan fingerprint density at radius 1 is 1.21 bits per heavy atom. The van der Waals surface area contributed by atoms with Gasteiger partial charge in [0.05, 0.1) is 12.7 Å². The highest BCUT2D eigenvalue weighted by atomic mass is 32.2. The Balaban J connectivity index is 1.85. The van der Waals surface area contributed by atoms with Crippen LogP contribution in [0.1, 0.15) is 34.0 Å². The maximum absolute atomic E-state index is 12.5. The largest absolute Gasteiger partial charge is 0.496 e. The summed E-state index contributed by atoms with van der Waals surface area (Å²) in [7, 11) is 1.51. The van der Waals surface area contributed by atoms with E-state index in [1.165, 1.54) is 25.8 Å². The number of hydrogen-bond donors (Lipinski definition) is 2. The molecule has 2 aromatic carbocycles. The Morgan fingerprint density at radius 3 is 2.61 bits per heavy atom. The van der Waals surface area contributed by atoms with Gasteiger partial charge >= 0.3 is 0 Å². The van der Waals surface area contributed by atoms with Crippen LogP contribution in [0.3, 0.4) is 0 Å². The number of H-pyrrole nitrogens is 1. The average molecular weight is 396 g/mol. The van der Waals surface area contributed by atoms with Gasteiger partial charge in [-0.05, 0) is 36.2 Å². The first-order chi connectivity index (χ1) is 13.5. The predicted octanol–water partition coefficient (Wildman–Crippen LogP) is 3.57. The third-order valence-corrected chi connectivity index (χ3v) is 5.19. The maximum Gasteiger partial charge on any atom is 0.258 e. The molecule has 0 fully saturated rings. The second kappa shape index (κ2) is 8.75. The molecule has 0 bridgehead atoms. The average Bonchev–Trinajstić information content (AvgIpc) is 2.69. The molecule has 28 heavy (non-hydrogen) atoms. The summed E-state index contributed by atoms with van der Waals surface area (Å²) in [4.78, 5) is 31.0. The van der Waals surface area contributed by atoms with E-state index in [2.05, 4.69) is 9.97 Å². The molecule has 3 aromatic rings. The molecule has 0 radical (unpaired) electrons. The van der Waals surface area contributed by atoms with Gasteiger partial charge in [0.2, 0.25) is 5.88 Å². The van der Waals surface area contributed by atoms with Gasteiger partial charge in [0.1, 0.15) is 5.75 Å². The second-order valence-electron chi connectivity index (χ2n) is 6.21. The molecule has 0 amide bonds. The molecule has 144 valence electrons. The minimum Gasteiger partial charge on any atom is -0.496 e. The zero-order valence-electron chi connectivity index (χ0n) is 15.6. The van der Waals surface area contributed by atoms with Crippen LogP contribution in [0, 0.1) is 0 Å². The van der Waals surface area contributed by atoms with Crippen molar-refractivity contribution >= 4 is 17.5 Å². The fourth-order valence-electron chi connectivity index (χ4n) is 2.75. The molecule has 0 unspecified atom stereocenters. The van der Waals surface area contributed by atoms with Crippen LogP contribution in [0.15, 0.2) is 58.5 Å². The number of nitrogens with zero attached hydrogens (tertiary/aromatic N) is 1. The summed E-state index contributed by atoms with van der Waals surface area (Å²) in [5.74, 6) is 0.741. The van der Waals surface area contributed by atoms with Crippen LogP contribution in [0.2, 0.25) is 0 Å². The minimum atomic E-state index is -0.418. The number of hydrogen-bond acceptors (Lipinski definition) is 6. The Hall–Kier alpha value is -3.06. The molecule has 1 heterocycles. The smallest absolute Gasteiger partial charge is 0.258 e. The van der Waals surface area contributed by atoms with Crippen LogP contribution in [0.5, 0.6) is 11.6 Å². The van der Waals surface area contributed by atoms with Crippen LogP contribution in [0.25, 0.3) is 0 Å². The van der Waals surface area contributed by atoms with E-state index < -0.39 is 5.56 Å². The van der Waals surface area contributed by atoms with Gasteiger partial charge in [-0.15, -0.1) is 0 Å². The van der Waals surface area contributed by atoms with E-state index in [-0.39, 0.29) is 23.6 Å². The van der Waals surface area contributed by atoms with Gasteiger partial charge in [-0.2, -0.15) is 4.98 Å². The van der Waals surface area contributed by atoms with Crippen molar-refractivity contribution in [2.45, 2.75) is 24.3 Å². The first kappa shape index (κ1) is 19.7. The van der Waals surface area contributed by atoms with E-state index in [1.807, 2.05) is 30.3 Å². The van der Waals surface area contributed by atoms with E-state index in [0.717, 1.165) is 5.56 Å². The number of benzene rings is 2. The number of rotatable bonds is 7. The van der Waals surface area contributed by atoms with Crippen molar-refractivity contribution in [1.29, 1.82) is 0 Å². The van der Waals surface area contributed by atoms with Crippen molar-refractivity contribution in [2.75, 3.05) is 7.11 Å². The first-order valence-electron chi connectivity index (χ1n) is 8.64. The topological polar surface area (TPSA) is 92.3 Å². The summed E-state index contributed by atoms with van der Waals surface area (Å²) in [6.07, 6.45) is 0.0993. The molecular weight excluding hydrogens is 376 g/mol. The van der Waals surface area contributed by atoms with Crippen molar-refractivity contribution < 1.29 is 14.6 Å². The summed E-state index contributed by atoms with van der Waals surface area (Å²) in [6.45, 7) is 1.47. The highest BCUT2D eigenvalue weighted by Crippen LogP contribution is 2.26. The van der Waals surface area contributed by atoms with Gasteiger partial charge in [0.25, 0.3) is 5.56 Å². The number of aromatic amines is 1. The number of carbonyl (C=O) groups is 1. The summed E-state index contributed by atoms with van der Waals surface area (Å²) in [5.41, 5.74) is 1.93. The van der Waals surface area contributed by atoms with Crippen LogP contribution in [-0.2, 0) is 12.2 Å². The molecule has 7 heteroatoms. The Kier molecular flexibility index (Phi) is 6.16. The third kappa shape index (κ3) is 4.61. The number of ether oxygens (including phenoxy) is 1. The van der Waals surface area contributed by atoms with Crippen LogP contribution in [0.4, 0.5) is 0 Å². The molecule has 0 aliphatic heterocycles. The monoisotopic (exact) mass is 396 g/mol. The number of ketones is 1. The lowest BCUT2D eigenvalue weighted by Crippen LogP contribution is -2.16. The third-order valence-electron chi connectivity index (χ3n) is 4.24. The number of aromatic nitrogens is 2. The SMILES string of the molecule is COc1ccc(C(C)=O)cc1Cc1c(O)nc(SCc2ccccc2)[nH]c1=O. The Bertz CT molecular complexity index is 1050. The van der Waals surface area contributed by atoms with Crippen molar-refractivity contribution in [3.8, 4) is 11.6 Å². The van der Waals surface area contributed by atoms with Crippen molar-refractivity contribution in [3.63, 3.8) is 0 Å². The fourth-order valence-corrected chi connectivity index (χ4v) is 3.56. The molecule has 1 aromatic heterocycles. The maximum atomic E-state index is 12.5. The van der Waals surface area contributed by atoms with Gasteiger partial charge < -0.3 is 14.8 Å². The number of thioether (sulfide) groups is 1. The number of methoxy groups -OCH3 is 1. The lowest BCUT2D eigenvalue weighted by Gasteiger charge is -2.11. The zero-order valence-corrected chi connectivity index (χ0v) is 16.4. The molecule has 0 saturated carbocycles. The molecule has 0 atom stereocenters. The lowest BCUT2D eigenvalue weighted by molar-refractivity contribution is 0.101. The normalized spacial score (nSPS) is 10.6.